The van der Waals surface area contributed by atoms with Gasteiger partial charge in [0.1, 0.15) is 12.4 Å². The molecule has 1 unspecified atom stereocenters. The molecule has 68 valence electrons. The Morgan fingerprint density at radius 1 is 1.67 bits per heavy atom. The molecule has 0 heterocycles. The standard InChI is InChI=1S/C8H11BrO3/c1-3-4-12-8(11)5-7(9)6(2)10/h3,7H,1,4-5H2,2H3. The largest absolute Gasteiger partial charge is 0.461 e. The number of carbonyl (C=O) groups excluding carboxylic acids is 2. The average molecular weight is 235 g/mol. The summed E-state index contributed by atoms with van der Waals surface area (Å²) in [7, 11) is 0. The van der Waals surface area contributed by atoms with Crippen LogP contribution in [0.2, 0.25) is 0 Å². The number of hydrogen-bond acceptors (Lipinski definition) is 3. The molecule has 0 aliphatic rings. The van der Waals surface area contributed by atoms with E-state index in [1.807, 2.05) is 0 Å². The van der Waals surface area contributed by atoms with Gasteiger partial charge in [-0.25, -0.2) is 0 Å². The fraction of sp³-hybridized carbons (Fsp3) is 0.500. The summed E-state index contributed by atoms with van der Waals surface area (Å²) in [6.45, 7) is 5.00. The van der Waals surface area contributed by atoms with E-state index in [0.29, 0.717) is 0 Å². The molecule has 0 aromatic rings. The van der Waals surface area contributed by atoms with Crippen molar-refractivity contribution in [2.75, 3.05) is 6.61 Å². The van der Waals surface area contributed by atoms with Gasteiger partial charge in [-0.3, -0.25) is 9.59 Å². The van der Waals surface area contributed by atoms with Crippen LogP contribution in [0.4, 0.5) is 0 Å². The van der Waals surface area contributed by atoms with Crippen LogP contribution in [0.3, 0.4) is 0 Å². The molecule has 0 saturated carbocycles. The van der Waals surface area contributed by atoms with Gasteiger partial charge in [-0.2, -0.15) is 0 Å². The van der Waals surface area contributed by atoms with E-state index in [4.69, 9.17) is 0 Å². The number of esters is 1. The smallest absolute Gasteiger partial charge is 0.307 e. The fourth-order valence-electron chi connectivity index (χ4n) is 0.501. The predicted octanol–water partition coefficient (Wildman–Crippen LogP) is 1.46. The number of ether oxygens (including phenoxy) is 1. The lowest BCUT2D eigenvalue weighted by Gasteiger charge is -2.04. The first-order valence-corrected chi connectivity index (χ1v) is 4.40. The quantitative estimate of drug-likeness (QED) is 0.411. The first-order chi connectivity index (χ1) is 5.57. The predicted molar refractivity (Wildman–Crippen MR) is 49.2 cm³/mol. The van der Waals surface area contributed by atoms with Gasteiger partial charge in [0, 0.05) is 0 Å². The SMILES string of the molecule is C=CCOC(=O)CC(Br)C(C)=O. The van der Waals surface area contributed by atoms with Crippen molar-refractivity contribution in [3.8, 4) is 0 Å². The van der Waals surface area contributed by atoms with Crippen LogP contribution in [0.5, 0.6) is 0 Å². The Morgan fingerprint density at radius 3 is 2.67 bits per heavy atom. The van der Waals surface area contributed by atoms with E-state index < -0.39 is 10.8 Å². The maximum Gasteiger partial charge on any atom is 0.307 e. The zero-order chi connectivity index (χ0) is 9.56. The molecule has 0 aliphatic carbocycles. The molecule has 0 radical (unpaired) electrons. The molecule has 12 heavy (non-hydrogen) atoms. The van der Waals surface area contributed by atoms with Gasteiger partial charge in [-0.15, -0.1) is 0 Å². The summed E-state index contributed by atoms with van der Waals surface area (Å²) in [5.74, 6) is -0.475. The Balaban J connectivity index is 3.68. The van der Waals surface area contributed by atoms with E-state index >= 15 is 0 Å². The van der Waals surface area contributed by atoms with Gasteiger partial charge < -0.3 is 4.74 Å². The molecular formula is C8H11BrO3. The van der Waals surface area contributed by atoms with Crippen molar-refractivity contribution in [3.63, 3.8) is 0 Å². The number of alkyl halides is 1. The molecule has 3 nitrogen and oxygen atoms in total. The van der Waals surface area contributed by atoms with Crippen LogP contribution in [0, 0.1) is 0 Å². The van der Waals surface area contributed by atoms with Gasteiger partial charge in [-0.1, -0.05) is 28.6 Å². The molecule has 0 saturated heterocycles. The maximum absolute atomic E-state index is 10.9. The third kappa shape index (κ3) is 5.07. The van der Waals surface area contributed by atoms with Crippen LogP contribution in [0.25, 0.3) is 0 Å². The molecule has 0 fully saturated rings. The van der Waals surface area contributed by atoms with E-state index in [9.17, 15) is 9.59 Å². The van der Waals surface area contributed by atoms with Gasteiger partial charge in [0.2, 0.25) is 0 Å². The van der Waals surface area contributed by atoms with Crippen LogP contribution >= 0.6 is 15.9 Å². The lowest BCUT2D eigenvalue weighted by molar-refractivity contribution is -0.143. The summed E-state index contributed by atoms with van der Waals surface area (Å²) < 4.78 is 4.67. The molecule has 4 heteroatoms. The molecule has 0 aromatic heterocycles. The molecule has 0 rings (SSSR count). The molecule has 1 atom stereocenters. The molecule has 0 aliphatic heterocycles. The summed E-state index contributed by atoms with van der Waals surface area (Å²) in [6, 6.07) is 0. The van der Waals surface area contributed by atoms with Crippen LogP contribution in [-0.4, -0.2) is 23.2 Å². The summed E-state index contributed by atoms with van der Waals surface area (Å²) >= 11 is 3.06. The lowest BCUT2D eigenvalue weighted by Crippen LogP contribution is -2.17. The van der Waals surface area contributed by atoms with E-state index in [1.165, 1.54) is 13.0 Å². The zero-order valence-corrected chi connectivity index (χ0v) is 8.46. The van der Waals surface area contributed by atoms with Gasteiger partial charge in [0.15, 0.2) is 0 Å². The molecule has 0 N–H and O–H groups in total. The van der Waals surface area contributed by atoms with Crippen molar-refractivity contribution in [2.24, 2.45) is 0 Å². The number of rotatable bonds is 5. The number of hydrogen-bond donors (Lipinski definition) is 0. The first kappa shape index (κ1) is 11.4. The summed E-state index contributed by atoms with van der Waals surface area (Å²) in [5, 5.41) is 0. The number of halogens is 1. The number of Topliss-reactive ketones (excluding diaryl/α,β-unsaturated/α-hetero) is 1. The van der Waals surface area contributed by atoms with Crippen molar-refractivity contribution in [1.29, 1.82) is 0 Å². The number of ketones is 1. The van der Waals surface area contributed by atoms with E-state index in [-0.39, 0.29) is 18.8 Å². The minimum absolute atomic E-state index is 0.0726. The van der Waals surface area contributed by atoms with Crippen molar-refractivity contribution >= 4 is 27.7 Å². The fourth-order valence-corrected chi connectivity index (χ4v) is 0.765. The third-order valence-corrected chi connectivity index (χ3v) is 2.12. The first-order valence-electron chi connectivity index (χ1n) is 3.49. The highest BCUT2D eigenvalue weighted by Gasteiger charge is 2.15. The van der Waals surface area contributed by atoms with E-state index in [1.54, 1.807) is 0 Å². The highest BCUT2D eigenvalue weighted by molar-refractivity contribution is 9.10. The third-order valence-electron chi connectivity index (χ3n) is 1.15. The summed E-state index contributed by atoms with van der Waals surface area (Å²) in [6.07, 6.45) is 1.55. The molecular weight excluding hydrogens is 224 g/mol. The van der Waals surface area contributed by atoms with Crippen LogP contribution in [0.15, 0.2) is 12.7 Å². The van der Waals surface area contributed by atoms with Crippen molar-refractivity contribution < 1.29 is 14.3 Å². The Labute approximate surface area is 79.9 Å². The second-order valence-corrected chi connectivity index (χ2v) is 3.36. The van der Waals surface area contributed by atoms with E-state index in [0.717, 1.165) is 0 Å². The van der Waals surface area contributed by atoms with Crippen LogP contribution in [-0.2, 0) is 14.3 Å². The molecule has 0 spiro atoms. The Morgan fingerprint density at radius 2 is 2.25 bits per heavy atom. The Kier molecular flexibility index (Phi) is 5.62. The summed E-state index contributed by atoms with van der Waals surface area (Å²) in [4.78, 5) is 21.1. The average Bonchev–Trinajstić information content (AvgIpc) is 2.00. The highest BCUT2D eigenvalue weighted by atomic mass is 79.9. The van der Waals surface area contributed by atoms with Crippen molar-refractivity contribution in [1.82, 2.24) is 0 Å². The highest BCUT2D eigenvalue weighted by Crippen LogP contribution is 2.07. The molecule has 0 bridgehead atoms. The Hall–Kier alpha value is -0.640. The summed E-state index contributed by atoms with van der Waals surface area (Å²) in [5.41, 5.74) is 0. The minimum Gasteiger partial charge on any atom is -0.461 e. The van der Waals surface area contributed by atoms with Crippen molar-refractivity contribution in [2.45, 2.75) is 18.2 Å². The van der Waals surface area contributed by atoms with E-state index in [2.05, 4.69) is 27.2 Å². The zero-order valence-electron chi connectivity index (χ0n) is 6.88. The second-order valence-electron chi connectivity index (χ2n) is 2.25. The van der Waals surface area contributed by atoms with Crippen LogP contribution < -0.4 is 0 Å². The molecule has 0 aromatic carbocycles. The van der Waals surface area contributed by atoms with Gasteiger partial charge in [0.25, 0.3) is 0 Å². The van der Waals surface area contributed by atoms with Crippen molar-refractivity contribution in [3.05, 3.63) is 12.7 Å². The van der Waals surface area contributed by atoms with Gasteiger partial charge >= 0.3 is 5.97 Å². The monoisotopic (exact) mass is 234 g/mol. The maximum atomic E-state index is 10.9. The Bertz CT molecular complexity index is 189. The normalized spacial score (nSPS) is 11.8. The topological polar surface area (TPSA) is 43.4 Å². The lowest BCUT2D eigenvalue weighted by atomic mass is 10.2. The number of carbonyl (C=O) groups is 2. The minimum atomic E-state index is -0.435. The second kappa shape index (κ2) is 5.94. The van der Waals surface area contributed by atoms with Gasteiger partial charge in [-0.05, 0) is 6.92 Å². The van der Waals surface area contributed by atoms with Crippen LogP contribution in [0.1, 0.15) is 13.3 Å². The van der Waals surface area contributed by atoms with Gasteiger partial charge in [0.05, 0.1) is 11.2 Å². The molecule has 0 amide bonds.